The molecule has 0 fully saturated rings. The van der Waals surface area contributed by atoms with Gasteiger partial charge in [0.05, 0.1) is 5.56 Å². The molecule has 2 aromatic heterocycles. The monoisotopic (exact) mass is 259 g/mol. The number of aryl methyl sites for hydroxylation is 2. The second-order valence-corrected chi connectivity index (χ2v) is 4.85. The van der Waals surface area contributed by atoms with Crippen LogP contribution in [0.2, 0.25) is 0 Å². The van der Waals surface area contributed by atoms with Gasteiger partial charge in [-0.3, -0.25) is 10.4 Å². The van der Waals surface area contributed by atoms with E-state index < -0.39 is 0 Å². The van der Waals surface area contributed by atoms with Crippen LogP contribution in [0.4, 0.5) is 0 Å². The van der Waals surface area contributed by atoms with E-state index in [1.165, 1.54) is 18.1 Å². The van der Waals surface area contributed by atoms with Gasteiger partial charge in [0.15, 0.2) is 0 Å². The van der Waals surface area contributed by atoms with Crippen LogP contribution in [-0.4, -0.2) is 20.8 Å². The number of aromatic nitrogens is 3. The quantitative estimate of drug-likeness (QED) is 0.499. The van der Waals surface area contributed by atoms with E-state index in [0.717, 1.165) is 21.3 Å². The topological polar surface area (TPSA) is 88.5 Å². The van der Waals surface area contributed by atoms with Crippen molar-refractivity contribution in [2.24, 2.45) is 5.73 Å². The van der Waals surface area contributed by atoms with Gasteiger partial charge in [0.25, 0.3) is 0 Å². The fourth-order valence-corrected chi connectivity index (χ4v) is 2.70. The van der Waals surface area contributed by atoms with Crippen molar-refractivity contribution in [3.63, 3.8) is 0 Å². The maximum atomic E-state index is 7.65. The van der Waals surface area contributed by atoms with E-state index in [9.17, 15) is 0 Å². The Morgan fingerprint density at radius 1 is 1.39 bits per heavy atom. The first-order valence-electron chi connectivity index (χ1n) is 5.34. The summed E-state index contributed by atoms with van der Waals surface area (Å²) >= 11 is 1.46. The molecule has 0 aliphatic carbocycles. The number of hydrogen-bond acceptors (Lipinski definition) is 5. The molecule has 2 rings (SSSR count). The molecule has 92 valence electrons. The molecule has 5 nitrogen and oxygen atoms in total. The molecule has 0 amide bonds. The molecule has 0 radical (unpaired) electrons. The Kier molecular flexibility index (Phi) is 3.57. The van der Waals surface area contributed by atoms with E-state index >= 15 is 0 Å². The molecule has 0 aromatic carbocycles. The normalized spacial score (nSPS) is 10.3. The number of hydrogen-bond donors (Lipinski definition) is 2. The summed E-state index contributed by atoms with van der Waals surface area (Å²) in [5, 5.41) is 8.46. The predicted octanol–water partition coefficient (Wildman–Crippen LogP) is 1.92. The molecule has 2 heterocycles. The fourth-order valence-electron chi connectivity index (χ4n) is 1.65. The summed E-state index contributed by atoms with van der Waals surface area (Å²) in [6.45, 7) is 3.77. The van der Waals surface area contributed by atoms with Crippen LogP contribution in [-0.2, 0) is 0 Å². The zero-order chi connectivity index (χ0) is 13.1. The third-order valence-corrected chi connectivity index (χ3v) is 3.32. The lowest BCUT2D eigenvalue weighted by Crippen LogP contribution is -2.15. The lowest BCUT2D eigenvalue weighted by Gasteiger charge is -2.11. The largest absolute Gasteiger partial charge is 0.384 e. The maximum Gasteiger partial charge on any atom is 0.125 e. The Morgan fingerprint density at radius 3 is 2.78 bits per heavy atom. The molecule has 0 atom stereocenters. The van der Waals surface area contributed by atoms with Crippen molar-refractivity contribution < 1.29 is 0 Å². The van der Waals surface area contributed by atoms with Gasteiger partial charge >= 0.3 is 0 Å². The van der Waals surface area contributed by atoms with Gasteiger partial charge in [-0.2, -0.15) is 0 Å². The fraction of sp³-hybridized carbons (Fsp3) is 0.167. The Hall–Kier alpha value is -1.95. The van der Waals surface area contributed by atoms with E-state index in [1.807, 2.05) is 26.0 Å². The van der Waals surface area contributed by atoms with Crippen LogP contribution in [0.3, 0.4) is 0 Å². The lowest BCUT2D eigenvalue weighted by molar-refractivity contribution is 1.04. The van der Waals surface area contributed by atoms with Crippen LogP contribution in [0.25, 0.3) is 0 Å². The predicted molar refractivity (Wildman–Crippen MR) is 70.9 cm³/mol. The minimum absolute atomic E-state index is 0.0246. The molecule has 18 heavy (non-hydrogen) atoms. The summed E-state index contributed by atoms with van der Waals surface area (Å²) in [4.78, 5) is 13.3. The molecule has 0 aliphatic rings. The lowest BCUT2D eigenvalue weighted by atomic mass is 10.1. The first-order chi connectivity index (χ1) is 8.58. The number of nitrogens with two attached hydrogens (primary N) is 1. The maximum absolute atomic E-state index is 7.65. The molecule has 0 saturated carbocycles. The molecular weight excluding hydrogens is 246 g/mol. The molecule has 0 saturated heterocycles. The highest BCUT2D eigenvalue weighted by atomic mass is 32.2. The molecular formula is C12H13N5S. The first kappa shape index (κ1) is 12.5. The van der Waals surface area contributed by atoms with Crippen LogP contribution >= 0.6 is 11.8 Å². The van der Waals surface area contributed by atoms with Crippen LogP contribution in [0.15, 0.2) is 34.6 Å². The minimum atomic E-state index is 0.0246. The summed E-state index contributed by atoms with van der Waals surface area (Å²) in [5.74, 6) is 0.0246. The van der Waals surface area contributed by atoms with Gasteiger partial charge in [0.1, 0.15) is 17.2 Å². The molecule has 3 N–H and O–H groups in total. The second kappa shape index (κ2) is 5.14. The number of nitrogens with one attached hydrogen (secondary N) is 1. The van der Waals surface area contributed by atoms with Crippen molar-refractivity contribution in [2.45, 2.75) is 23.8 Å². The van der Waals surface area contributed by atoms with E-state index in [2.05, 4.69) is 15.0 Å². The van der Waals surface area contributed by atoms with Crippen molar-refractivity contribution in [3.05, 3.63) is 41.6 Å². The average molecular weight is 259 g/mol. The van der Waals surface area contributed by atoms with Gasteiger partial charge < -0.3 is 5.73 Å². The smallest absolute Gasteiger partial charge is 0.125 e. The zero-order valence-electron chi connectivity index (χ0n) is 10.1. The molecule has 0 spiro atoms. The van der Waals surface area contributed by atoms with Crippen LogP contribution in [0.5, 0.6) is 0 Å². The Labute approximate surface area is 109 Å². The summed E-state index contributed by atoms with van der Waals surface area (Å²) in [5.41, 5.74) is 7.95. The third kappa shape index (κ3) is 2.65. The van der Waals surface area contributed by atoms with E-state index in [4.69, 9.17) is 11.1 Å². The van der Waals surface area contributed by atoms with Gasteiger partial charge in [0, 0.05) is 22.5 Å². The highest BCUT2D eigenvalue weighted by Crippen LogP contribution is 2.30. The number of nitrogen functional groups attached to an aromatic ring is 1. The molecule has 6 heteroatoms. The third-order valence-electron chi connectivity index (χ3n) is 2.33. The summed E-state index contributed by atoms with van der Waals surface area (Å²) < 4.78 is 0. The van der Waals surface area contributed by atoms with Crippen molar-refractivity contribution in [2.75, 3.05) is 0 Å². The van der Waals surface area contributed by atoms with Crippen LogP contribution in [0, 0.1) is 19.3 Å². The van der Waals surface area contributed by atoms with Crippen molar-refractivity contribution >= 4 is 17.6 Å². The van der Waals surface area contributed by atoms with E-state index in [1.54, 1.807) is 6.20 Å². The summed E-state index contributed by atoms with van der Waals surface area (Å²) in [6.07, 6.45) is 3.18. The first-order valence-corrected chi connectivity index (χ1v) is 6.16. The minimum Gasteiger partial charge on any atom is -0.384 e. The number of pyridine rings is 1. The van der Waals surface area contributed by atoms with E-state index in [-0.39, 0.29) is 5.84 Å². The summed E-state index contributed by atoms with van der Waals surface area (Å²) in [7, 11) is 0. The second-order valence-electron chi connectivity index (χ2n) is 3.79. The highest BCUT2D eigenvalue weighted by Gasteiger charge is 2.12. The van der Waals surface area contributed by atoms with Crippen LogP contribution in [0.1, 0.15) is 17.0 Å². The Morgan fingerprint density at radius 2 is 2.17 bits per heavy atom. The Bertz CT molecular complexity index is 583. The SMILES string of the molecule is Cc1cc(Sc2ccncn2)c(C(=N)N)c(C)n1. The van der Waals surface area contributed by atoms with Gasteiger partial charge in [-0.05, 0) is 26.0 Å². The van der Waals surface area contributed by atoms with Gasteiger partial charge in [-0.1, -0.05) is 11.8 Å². The van der Waals surface area contributed by atoms with Crippen LogP contribution < -0.4 is 5.73 Å². The van der Waals surface area contributed by atoms with Gasteiger partial charge in [0.2, 0.25) is 0 Å². The van der Waals surface area contributed by atoms with Crippen molar-refractivity contribution in [1.82, 2.24) is 15.0 Å². The average Bonchev–Trinajstić information content (AvgIpc) is 2.28. The zero-order valence-corrected chi connectivity index (χ0v) is 11.0. The number of rotatable bonds is 3. The molecule has 0 bridgehead atoms. The van der Waals surface area contributed by atoms with E-state index in [0.29, 0.717) is 5.56 Å². The number of amidine groups is 1. The summed E-state index contributed by atoms with van der Waals surface area (Å²) in [6, 6.07) is 3.73. The number of nitrogens with zero attached hydrogens (tertiary/aromatic N) is 3. The molecule has 2 aromatic rings. The van der Waals surface area contributed by atoms with Crippen molar-refractivity contribution in [3.8, 4) is 0 Å². The Balaban J connectivity index is 2.46. The van der Waals surface area contributed by atoms with Crippen molar-refractivity contribution in [1.29, 1.82) is 5.41 Å². The molecule has 0 unspecified atom stereocenters. The highest BCUT2D eigenvalue weighted by molar-refractivity contribution is 7.99. The van der Waals surface area contributed by atoms with Gasteiger partial charge in [-0.15, -0.1) is 0 Å². The standard InChI is InChI=1S/C12H13N5S/c1-7-5-9(11(12(13)14)8(2)17-7)18-10-3-4-15-6-16-10/h3-6H,1-2H3,(H3,13,14). The molecule has 0 aliphatic heterocycles. The van der Waals surface area contributed by atoms with Gasteiger partial charge in [-0.25, -0.2) is 9.97 Å².